The lowest BCUT2D eigenvalue weighted by Crippen LogP contribution is -2.33. The van der Waals surface area contributed by atoms with Crippen molar-refractivity contribution in [2.75, 3.05) is 0 Å². The van der Waals surface area contributed by atoms with E-state index in [0.29, 0.717) is 6.04 Å². The smallest absolute Gasteiger partial charge is 0.147 e. The van der Waals surface area contributed by atoms with Gasteiger partial charge in [-0.2, -0.15) is 5.48 Å². The zero-order chi connectivity index (χ0) is 15.0. The van der Waals surface area contributed by atoms with Gasteiger partial charge in [-0.1, -0.05) is 73.9 Å². The van der Waals surface area contributed by atoms with Crippen LogP contribution in [-0.4, -0.2) is 6.04 Å². The second-order valence-electron chi connectivity index (χ2n) is 5.87. The van der Waals surface area contributed by atoms with E-state index in [1.54, 1.807) is 0 Å². The highest BCUT2D eigenvalue weighted by atomic mass is 16.6. The fraction of sp³-hybridized carbons (Fsp3) is 0.300. The van der Waals surface area contributed by atoms with Crippen LogP contribution in [0, 0.1) is 0 Å². The molecule has 0 radical (unpaired) electrons. The maximum Gasteiger partial charge on any atom is 0.147 e. The third-order valence-electron chi connectivity index (χ3n) is 4.10. The molecule has 0 amide bonds. The minimum Gasteiger partial charge on any atom is -0.408 e. The molecule has 0 saturated heterocycles. The predicted octanol–water partition coefficient (Wildman–Crippen LogP) is 5.07. The molecule has 2 heteroatoms. The van der Waals surface area contributed by atoms with Crippen LogP contribution in [0.1, 0.15) is 43.2 Å². The summed E-state index contributed by atoms with van der Waals surface area (Å²) in [7, 11) is 0. The molecule has 0 aromatic heterocycles. The molecule has 1 fully saturated rings. The number of hydrogen-bond acceptors (Lipinski definition) is 2. The van der Waals surface area contributed by atoms with Crippen LogP contribution in [0.4, 0.5) is 0 Å². The third-order valence-corrected chi connectivity index (χ3v) is 4.10. The lowest BCUT2D eigenvalue weighted by molar-refractivity contribution is 0.133. The van der Waals surface area contributed by atoms with Crippen molar-refractivity contribution < 1.29 is 4.84 Å². The highest BCUT2D eigenvalue weighted by Crippen LogP contribution is 2.19. The summed E-state index contributed by atoms with van der Waals surface area (Å²) in [5, 5.41) is 0. The Hall–Kier alpha value is -2.06. The standard InChI is InChI=1S/C20H23NO/c1-3-7-17(8-4-1)11-12-18-13-15-20(16-14-18)22-21-19-9-5-2-6-10-19/h1,3-4,7-8,11-16,19,21H,2,5-6,9-10H2/b12-11+. The molecule has 3 rings (SSSR count). The van der Waals surface area contributed by atoms with Gasteiger partial charge in [-0.15, -0.1) is 0 Å². The summed E-state index contributed by atoms with van der Waals surface area (Å²) < 4.78 is 0. The predicted molar refractivity (Wildman–Crippen MR) is 92.4 cm³/mol. The van der Waals surface area contributed by atoms with Gasteiger partial charge in [0.2, 0.25) is 0 Å². The lowest BCUT2D eigenvalue weighted by atomic mass is 9.96. The normalized spacial score (nSPS) is 16.0. The van der Waals surface area contributed by atoms with Gasteiger partial charge >= 0.3 is 0 Å². The van der Waals surface area contributed by atoms with Crippen molar-refractivity contribution in [1.82, 2.24) is 5.48 Å². The van der Waals surface area contributed by atoms with E-state index in [1.807, 2.05) is 30.3 Å². The van der Waals surface area contributed by atoms with E-state index in [-0.39, 0.29) is 0 Å². The van der Waals surface area contributed by atoms with Gasteiger partial charge in [0, 0.05) is 6.04 Å². The van der Waals surface area contributed by atoms with E-state index in [0.717, 1.165) is 5.75 Å². The average molecular weight is 293 g/mol. The highest BCUT2D eigenvalue weighted by molar-refractivity contribution is 5.69. The second kappa shape index (κ2) is 7.81. The Morgan fingerprint density at radius 2 is 1.41 bits per heavy atom. The lowest BCUT2D eigenvalue weighted by Gasteiger charge is -2.22. The molecule has 114 valence electrons. The first-order chi connectivity index (χ1) is 10.9. The quantitative estimate of drug-likeness (QED) is 0.613. The Balaban J connectivity index is 1.52. The third kappa shape index (κ3) is 4.47. The van der Waals surface area contributed by atoms with Crippen LogP contribution in [0.2, 0.25) is 0 Å². The molecule has 0 unspecified atom stereocenters. The maximum atomic E-state index is 5.69. The van der Waals surface area contributed by atoms with Crippen molar-refractivity contribution in [2.45, 2.75) is 38.1 Å². The van der Waals surface area contributed by atoms with Crippen LogP contribution in [-0.2, 0) is 0 Å². The minimum atomic E-state index is 0.506. The topological polar surface area (TPSA) is 21.3 Å². The molecule has 0 heterocycles. The van der Waals surface area contributed by atoms with Gasteiger partial charge in [0.1, 0.15) is 5.75 Å². The van der Waals surface area contributed by atoms with Gasteiger partial charge in [-0.25, -0.2) is 0 Å². The summed E-state index contributed by atoms with van der Waals surface area (Å²) in [6, 6.07) is 19.0. The summed E-state index contributed by atoms with van der Waals surface area (Å²) >= 11 is 0. The number of rotatable bonds is 5. The number of nitrogens with one attached hydrogen (secondary N) is 1. The molecule has 0 atom stereocenters. The van der Waals surface area contributed by atoms with E-state index in [4.69, 9.17) is 4.84 Å². The molecular formula is C20H23NO. The first-order valence-corrected chi connectivity index (χ1v) is 8.16. The molecule has 1 saturated carbocycles. The Morgan fingerprint density at radius 1 is 0.773 bits per heavy atom. The van der Waals surface area contributed by atoms with Crippen LogP contribution >= 0.6 is 0 Å². The SMILES string of the molecule is C(=C\c1ccc(ONC2CCCCC2)cc1)/c1ccccc1. The van der Waals surface area contributed by atoms with E-state index in [9.17, 15) is 0 Å². The van der Waals surface area contributed by atoms with Crippen LogP contribution < -0.4 is 10.3 Å². The fourth-order valence-electron chi connectivity index (χ4n) is 2.78. The largest absolute Gasteiger partial charge is 0.408 e. The molecule has 1 aliphatic carbocycles. The van der Waals surface area contributed by atoms with Crippen molar-refractivity contribution in [1.29, 1.82) is 0 Å². The van der Waals surface area contributed by atoms with Gasteiger partial charge in [-0.05, 0) is 36.1 Å². The van der Waals surface area contributed by atoms with Crippen LogP contribution in [0.5, 0.6) is 5.75 Å². The zero-order valence-electron chi connectivity index (χ0n) is 12.9. The van der Waals surface area contributed by atoms with Crippen LogP contribution in [0.25, 0.3) is 12.2 Å². The minimum absolute atomic E-state index is 0.506. The Labute approximate surface area is 132 Å². The van der Waals surface area contributed by atoms with Gasteiger partial charge in [0.25, 0.3) is 0 Å². The molecule has 1 N–H and O–H groups in total. The van der Waals surface area contributed by atoms with Crippen molar-refractivity contribution in [2.24, 2.45) is 0 Å². The van der Waals surface area contributed by atoms with Crippen LogP contribution in [0.3, 0.4) is 0 Å². The monoisotopic (exact) mass is 293 g/mol. The first kappa shape index (κ1) is 14.9. The van der Waals surface area contributed by atoms with Crippen LogP contribution in [0.15, 0.2) is 54.6 Å². The summed E-state index contributed by atoms with van der Waals surface area (Å²) in [5.41, 5.74) is 5.58. The maximum absolute atomic E-state index is 5.69. The number of hydrogen-bond donors (Lipinski definition) is 1. The van der Waals surface area contributed by atoms with Crippen molar-refractivity contribution in [3.8, 4) is 5.75 Å². The molecule has 22 heavy (non-hydrogen) atoms. The van der Waals surface area contributed by atoms with E-state index in [1.165, 1.54) is 43.2 Å². The fourth-order valence-corrected chi connectivity index (χ4v) is 2.78. The summed E-state index contributed by atoms with van der Waals surface area (Å²) in [6.45, 7) is 0. The van der Waals surface area contributed by atoms with Crippen molar-refractivity contribution in [3.63, 3.8) is 0 Å². The Morgan fingerprint density at radius 3 is 2.09 bits per heavy atom. The summed E-state index contributed by atoms with van der Waals surface area (Å²) in [6.07, 6.45) is 10.7. The summed E-state index contributed by atoms with van der Waals surface area (Å²) in [4.78, 5) is 5.69. The Kier molecular flexibility index (Phi) is 5.27. The number of hydroxylamine groups is 1. The molecule has 2 aromatic rings. The molecular weight excluding hydrogens is 270 g/mol. The van der Waals surface area contributed by atoms with Gasteiger partial charge in [0.15, 0.2) is 0 Å². The molecule has 0 bridgehead atoms. The second-order valence-corrected chi connectivity index (χ2v) is 5.87. The van der Waals surface area contributed by atoms with E-state index >= 15 is 0 Å². The summed E-state index contributed by atoms with van der Waals surface area (Å²) in [5.74, 6) is 0.877. The zero-order valence-corrected chi connectivity index (χ0v) is 12.9. The van der Waals surface area contributed by atoms with E-state index in [2.05, 4.69) is 41.9 Å². The Bertz CT molecular complexity index is 583. The molecule has 1 aliphatic rings. The molecule has 0 spiro atoms. The van der Waals surface area contributed by atoms with Gasteiger partial charge < -0.3 is 4.84 Å². The first-order valence-electron chi connectivity index (χ1n) is 8.16. The van der Waals surface area contributed by atoms with Crippen molar-refractivity contribution in [3.05, 3.63) is 65.7 Å². The highest BCUT2D eigenvalue weighted by Gasteiger charge is 2.13. The molecule has 0 aliphatic heterocycles. The average Bonchev–Trinajstić information content (AvgIpc) is 2.61. The van der Waals surface area contributed by atoms with E-state index < -0.39 is 0 Å². The molecule has 2 aromatic carbocycles. The number of benzene rings is 2. The van der Waals surface area contributed by atoms with Crippen molar-refractivity contribution >= 4 is 12.2 Å². The van der Waals surface area contributed by atoms with Gasteiger partial charge in [-0.3, -0.25) is 0 Å². The van der Waals surface area contributed by atoms with Gasteiger partial charge in [0.05, 0.1) is 0 Å². The molecule has 2 nitrogen and oxygen atoms in total.